The van der Waals surface area contributed by atoms with Crippen LogP contribution in [0.3, 0.4) is 0 Å². The normalized spacial score (nSPS) is 31.8. The molecule has 4 fully saturated rings. The van der Waals surface area contributed by atoms with E-state index in [-0.39, 0.29) is 23.7 Å². The number of carboxylic acids is 1. The molecule has 2 atom stereocenters. The van der Waals surface area contributed by atoms with Crippen molar-refractivity contribution in [1.82, 2.24) is 14.9 Å². The number of amides is 1. The molecule has 7 nitrogen and oxygen atoms in total. The predicted molar refractivity (Wildman–Crippen MR) is 90.9 cm³/mol. The lowest BCUT2D eigenvalue weighted by Gasteiger charge is -2.48. The van der Waals surface area contributed by atoms with Gasteiger partial charge >= 0.3 is 5.97 Å². The zero-order chi connectivity index (χ0) is 17.4. The zero-order valence-electron chi connectivity index (χ0n) is 14.3. The van der Waals surface area contributed by atoms with Crippen molar-refractivity contribution in [3.8, 4) is 0 Å². The predicted octanol–water partition coefficient (Wildman–Crippen LogP) is 1.26. The van der Waals surface area contributed by atoms with Crippen molar-refractivity contribution in [2.45, 2.75) is 25.7 Å². The molecule has 2 bridgehead atoms. The van der Waals surface area contributed by atoms with E-state index in [4.69, 9.17) is 0 Å². The highest BCUT2D eigenvalue weighted by Crippen LogP contribution is 2.49. The van der Waals surface area contributed by atoms with Crippen molar-refractivity contribution >= 4 is 17.8 Å². The second-order valence-electron chi connectivity index (χ2n) is 7.43. The van der Waals surface area contributed by atoms with Crippen molar-refractivity contribution in [3.05, 3.63) is 18.5 Å². The number of fused-ring (bicyclic) bond motifs is 3. The summed E-state index contributed by atoms with van der Waals surface area (Å²) < 4.78 is 0. The van der Waals surface area contributed by atoms with Crippen molar-refractivity contribution < 1.29 is 14.7 Å². The van der Waals surface area contributed by atoms with Crippen LogP contribution in [0.2, 0.25) is 0 Å². The summed E-state index contributed by atoms with van der Waals surface area (Å²) in [5, 5.41) is 9.67. The van der Waals surface area contributed by atoms with Crippen LogP contribution < -0.4 is 4.90 Å². The van der Waals surface area contributed by atoms with E-state index in [0.29, 0.717) is 32.1 Å². The quantitative estimate of drug-likeness (QED) is 0.888. The molecule has 3 saturated carbocycles. The minimum Gasteiger partial charge on any atom is -0.481 e. The first-order chi connectivity index (χ1) is 12.1. The monoisotopic (exact) mass is 344 g/mol. The zero-order valence-corrected chi connectivity index (χ0v) is 14.3. The topological polar surface area (TPSA) is 86.6 Å². The van der Waals surface area contributed by atoms with E-state index in [9.17, 15) is 14.7 Å². The molecule has 1 aliphatic heterocycles. The van der Waals surface area contributed by atoms with Crippen molar-refractivity contribution in [2.75, 3.05) is 31.1 Å². The fraction of sp³-hybridized carbons (Fsp3) is 0.667. The van der Waals surface area contributed by atoms with Gasteiger partial charge in [0.1, 0.15) is 0 Å². The van der Waals surface area contributed by atoms with E-state index in [2.05, 4.69) is 14.9 Å². The van der Waals surface area contributed by atoms with E-state index >= 15 is 0 Å². The Morgan fingerprint density at radius 1 is 0.920 bits per heavy atom. The molecule has 7 heteroatoms. The number of piperazine rings is 1. The lowest BCUT2D eigenvalue weighted by Crippen LogP contribution is -2.56. The maximum Gasteiger partial charge on any atom is 0.307 e. The Balaban J connectivity index is 1.44. The standard InChI is InChI=1S/C18H24N4O3/c23-16(14-12-2-4-13(5-3-12)15(14)17(24)25)21-8-10-22(11-9-21)18-19-6-1-7-20-18/h1,6-7,12-15H,2-5,8-11H2,(H,24,25)/t12?,13?,14-,15-/m0/s1. The summed E-state index contributed by atoms with van der Waals surface area (Å²) in [6.07, 6.45) is 7.37. The lowest BCUT2D eigenvalue weighted by atomic mass is 9.58. The molecule has 0 radical (unpaired) electrons. The average Bonchev–Trinajstić information content (AvgIpc) is 2.68. The Hall–Kier alpha value is -2.18. The summed E-state index contributed by atoms with van der Waals surface area (Å²) in [7, 11) is 0. The van der Waals surface area contributed by atoms with Gasteiger partial charge in [-0.1, -0.05) is 0 Å². The Kier molecular flexibility index (Phi) is 4.31. The Labute approximate surface area is 147 Å². The summed E-state index contributed by atoms with van der Waals surface area (Å²) in [6, 6.07) is 1.79. The highest BCUT2D eigenvalue weighted by molar-refractivity contribution is 5.86. The summed E-state index contributed by atoms with van der Waals surface area (Å²) in [5.74, 6) is -0.446. The largest absolute Gasteiger partial charge is 0.481 e. The maximum atomic E-state index is 13.1. The lowest BCUT2D eigenvalue weighted by molar-refractivity contribution is -0.162. The first kappa shape index (κ1) is 16.3. The highest BCUT2D eigenvalue weighted by atomic mass is 16.4. The molecule has 0 unspecified atom stereocenters. The van der Waals surface area contributed by atoms with E-state index in [0.717, 1.165) is 25.7 Å². The number of hydrogen-bond acceptors (Lipinski definition) is 5. The Morgan fingerprint density at radius 2 is 1.48 bits per heavy atom. The summed E-state index contributed by atoms with van der Waals surface area (Å²) in [6.45, 7) is 2.59. The third-order valence-corrected chi connectivity index (χ3v) is 6.22. The fourth-order valence-electron chi connectivity index (χ4n) is 4.95. The molecule has 1 saturated heterocycles. The first-order valence-corrected chi connectivity index (χ1v) is 9.18. The van der Waals surface area contributed by atoms with Crippen molar-refractivity contribution in [3.63, 3.8) is 0 Å². The molecule has 1 aromatic rings. The molecular weight excluding hydrogens is 320 g/mol. The van der Waals surface area contributed by atoms with Crippen LogP contribution >= 0.6 is 0 Å². The molecule has 4 aliphatic rings. The van der Waals surface area contributed by atoms with Crippen LogP contribution in [-0.2, 0) is 9.59 Å². The average molecular weight is 344 g/mol. The van der Waals surface area contributed by atoms with Crippen LogP contribution in [0.5, 0.6) is 0 Å². The van der Waals surface area contributed by atoms with E-state index in [1.807, 2.05) is 4.90 Å². The van der Waals surface area contributed by atoms with Gasteiger partial charge in [-0.2, -0.15) is 0 Å². The second-order valence-corrected chi connectivity index (χ2v) is 7.43. The minimum atomic E-state index is -0.788. The van der Waals surface area contributed by atoms with Crippen LogP contribution in [0.1, 0.15) is 25.7 Å². The smallest absolute Gasteiger partial charge is 0.307 e. The summed E-state index contributed by atoms with van der Waals surface area (Å²) in [5.41, 5.74) is 0. The van der Waals surface area contributed by atoms with Crippen molar-refractivity contribution in [1.29, 1.82) is 0 Å². The Morgan fingerprint density at radius 3 is 2.04 bits per heavy atom. The van der Waals surface area contributed by atoms with Gasteiger partial charge in [-0.25, -0.2) is 9.97 Å². The molecule has 5 rings (SSSR count). The summed E-state index contributed by atoms with van der Waals surface area (Å²) in [4.78, 5) is 37.4. The third kappa shape index (κ3) is 2.96. The van der Waals surface area contributed by atoms with Crippen molar-refractivity contribution in [2.24, 2.45) is 23.7 Å². The van der Waals surface area contributed by atoms with E-state index < -0.39 is 11.9 Å². The van der Waals surface area contributed by atoms with Gasteiger partial charge in [-0.05, 0) is 43.6 Å². The molecule has 3 aliphatic carbocycles. The van der Waals surface area contributed by atoms with Gasteiger partial charge in [-0.15, -0.1) is 0 Å². The SMILES string of the molecule is O=C(O)[C@H]1C2CCC(CC2)[C@@H]1C(=O)N1CCN(c2ncccn2)CC1. The minimum absolute atomic E-state index is 0.0513. The Bertz CT molecular complexity index is 637. The fourth-order valence-corrected chi connectivity index (χ4v) is 4.95. The number of carbonyl (C=O) groups excluding carboxylic acids is 1. The number of aliphatic carboxylic acids is 1. The maximum absolute atomic E-state index is 13.1. The van der Waals surface area contributed by atoms with Crippen LogP contribution in [0.15, 0.2) is 18.5 Å². The molecule has 1 N–H and O–H groups in total. The van der Waals surface area contributed by atoms with Gasteiger partial charge in [0.15, 0.2) is 0 Å². The van der Waals surface area contributed by atoms with Gasteiger partial charge < -0.3 is 14.9 Å². The van der Waals surface area contributed by atoms with Gasteiger partial charge in [0.2, 0.25) is 11.9 Å². The van der Waals surface area contributed by atoms with Crippen LogP contribution in [0.25, 0.3) is 0 Å². The molecular formula is C18H24N4O3. The molecule has 1 amide bonds. The second kappa shape index (κ2) is 6.61. The molecule has 25 heavy (non-hydrogen) atoms. The first-order valence-electron chi connectivity index (χ1n) is 9.18. The highest BCUT2D eigenvalue weighted by Gasteiger charge is 2.51. The molecule has 1 aromatic heterocycles. The third-order valence-electron chi connectivity index (χ3n) is 6.22. The number of anilines is 1. The van der Waals surface area contributed by atoms with Gasteiger partial charge in [-0.3, -0.25) is 9.59 Å². The summed E-state index contributed by atoms with van der Waals surface area (Å²) >= 11 is 0. The molecule has 2 heterocycles. The number of carbonyl (C=O) groups is 2. The van der Waals surface area contributed by atoms with Crippen LogP contribution in [0, 0.1) is 23.7 Å². The van der Waals surface area contributed by atoms with Gasteiger partial charge in [0.05, 0.1) is 11.8 Å². The molecule has 0 spiro atoms. The van der Waals surface area contributed by atoms with Crippen LogP contribution in [0.4, 0.5) is 5.95 Å². The molecule has 0 aromatic carbocycles. The van der Waals surface area contributed by atoms with E-state index in [1.165, 1.54) is 0 Å². The van der Waals surface area contributed by atoms with Gasteiger partial charge in [0, 0.05) is 38.6 Å². The number of carboxylic acid groups (broad SMARTS) is 1. The number of aromatic nitrogens is 2. The number of hydrogen-bond donors (Lipinski definition) is 1. The van der Waals surface area contributed by atoms with E-state index in [1.54, 1.807) is 18.5 Å². The molecule has 134 valence electrons. The van der Waals surface area contributed by atoms with Crippen LogP contribution in [-0.4, -0.2) is 58.0 Å². The van der Waals surface area contributed by atoms with Gasteiger partial charge in [0.25, 0.3) is 0 Å². The number of rotatable bonds is 3. The number of nitrogens with zero attached hydrogens (tertiary/aromatic N) is 4.